The van der Waals surface area contributed by atoms with Crippen molar-refractivity contribution in [2.45, 2.75) is 32.2 Å². The van der Waals surface area contributed by atoms with Crippen LogP contribution in [0.25, 0.3) is 0 Å². The largest absolute Gasteiger partial charge is 0.481 e. The molecule has 100 valence electrons. The topological polar surface area (TPSA) is 122 Å². The molecule has 0 saturated carbocycles. The van der Waals surface area contributed by atoms with E-state index in [0.29, 0.717) is 6.42 Å². The predicted octanol–water partition coefficient (Wildman–Crippen LogP) is -0.0250. The molecule has 1 heterocycles. The Kier molecular flexibility index (Phi) is 5.03. The van der Waals surface area contributed by atoms with Gasteiger partial charge in [-0.05, 0) is 11.6 Å². The van der Waals surface area contributed by atoms with Crippen molar-refractivity contribution in [2.24, 2.45) is 7.05 Å². The quantitative estimate of drug-likeness (QED) is 0.657. The number of carboxylic acid groups (broad SMARTS) is 1. The molecule has 1 atom stereocenters. The van der Waals surface area contributed by atoms with Crippen molar-refractivity contribution in [3.63, 3.8) is 0 Å². The van der Waals surface area contributed by atoms with Crippen LogP contribution in [0.4, 0.5) is 10.7 Å². The first kappa shape index (κ1) is 13.9. The fourth-order valence-corrected chi connectivity index (χ4v) is 1.44. The van der Waals surface area contributed by atoms with E-state index in [9.17, 15) is 9.59 Å². The second kappa shape index (κ2) is 6.52. The maximum atomic E-state index is 11.6. The van der Waals surface area contributed by atoms with Crippen molar-refractivity contribution in [1.29, 1.82) is 0 Å². The van der Waals surface area contributed by atoms with E-state index in [0.717, 1.165) is 6.42 Å². The highest BCUT2D eigenvalue weighted by atomic mass is 16.4. The van der Waals surface area contributed by atoms with Crippen LogP contribution in [-0.4, -0.2) is 43.4 Å². The Hall–Kier alpha value is -2.19. The third-order valence-corrected chi connectivity index (χ3v) is 2.13. The number of hydrogen-bond acceptors (Lipinski definition) is 5. The standard InChI is InChI=1S/C9H16N6O3/c1-3-4-6(5-7(16)17)10-9(18)11-8-12-14-15(2)13-8/h6H,3-5H2,1-2H3,(H,16,17)(H2,10,11,13,18). The van der Waals surface area contributed by atoms with Crippen molar-refractivity contribution in [2.75, 3.05) is 5.32 Å². The number of carboxylic acids is 1. The van der Waals surface area contributed by atoms with E-state index in [1.54, 1.807) is 7.05 Å². The van der Waals surface area contributed by atoms with Crippen LogP contribution in [0.5, 0.6) is 0 Å². The first-order chi connectivity index (χ1) is 8.51. The summed E-state index contributed by atoms with van der Waals surface area (Å²) >= 11 is 0. The van der Waals surface area contributed by atoms with Crippen molar-refractivity contribution < 1.29 is 14.7 Å². The minimum atomic E-state index is -0.952. The molecule has 1 aromatic heterocycles. The Balaban J connectivity index is 2.47. The van der Waals surface area contributed by atoms with Crippen LogP contribution in [0.2, 0.25) is 0 Å². The maximum absolute atomic E-state index is 11.6. The molecule has 1 aromatic rings. The average Bonchev–Trinajstić information content (AvgIpc) is 2.62. The van der Waals surface area contributed by atoms with E-state index in [2.05, 4.69) is 26.0 Å². The molecule has 0 aromatic carbocycles. The third kappa shape index (κ3) is 4.76. The highest BCUT2D eigenvalue weighted by Crippen LogP contribution is 2.02. The predicted molar refractivity (Wildman–Crippen MR) is 61.9 cm³/mol. The Morgan fingerprint density at radius 2 is 2.22 bits per heavy atom. The highest BCUT2D eigenvalue weighted by Gasteiger charge is 2.16. The van der Waals surface area contributed by atoms with Gasteiger partial charge in [-0.3, -0.25) is 10.1 Å². The summed E-state index contributed by atoms with van der Waals surface area (Å²) in [5.74, 6) is -0.882. The van der Waals surface area contributed by atoms with Gasteiger partial charge in [-0.1, -0.05) is 18.4 Å². The van der Waals surface area contributed by atoms with Gasteiger partial charge in [0.2, 0.25) is 0 Å². The number of aryl methyl sites for hydroxylation is 1. The van der Waals surface area contributed by atoms with Crippen molar-refractivity contribution >= 4 is 17.9 Å². The van der Waals surface area contributed by atoms with Crippen LogP contribution in [0.15, 0.2) is 0 Å². The summed E-state index contributed by atoms with van der Waals surface area (Å²) < 4.78 is 0. The van der Waals surface area contributed by atoms with Crippen LogP contribution in [0.3, 0.4) is 0 Å². The van der Waals surface area contributed by atoms with Crippen LogP contribution < -0.4 is 10.6 Å². The van der Waals surface area contributed by atoms with Gasteiger partial charge in [-0.25, -0.2) is 4.79 Å². The number of hydrogen-bond donors (Lipinski definition) is 3. The summed E-state index contributed by atoms with van der Waals surface area (Å²) in [6, 6.07) is -0.952. The fraction of sp³-hybridized carbons (Fsp3) is 0.667. The summed E-state index contributed by atoms with van der Waals surface area (Å²) in [4.78, 5) is 23.4. The minimum absolute atomic E-state index is 0.0700. The van der Waals surface area contributed by atoms with Crippen LogP contribution in [-0.2, 0) is 11.8 Å². The number of aliphatic carboxylic acids is 1. The Labute approximate surface area is 104 Å². The number of carbonyl (C=O) groups is 2. The number of aromatic nitrogens is 4. The second-order valence-corrected chi connectivity index (χ2v) is 3.78. The van der Waals surface area contributed by atoms with E-state index in [4.69, 9.17) is 5.11 Å². The van der Waals surface area contributed by atoms with Gasteiger partial charge in [0.1, 0.15) is 0 Å². The first-order valence-corrected chi connectivity index (χ1v) is 5.54. The number of urea groups is 1. The molecule has 2 amide bonds. The van der Waals surface area contributed by atoms with Gasteiger partial charge < -0.3 is 10.4 Å². The van der Waals surface area contributed by atoms with Crippen LogP contribution in [0, 0.1) is 0 Å². The number of carbonyl (C=O) groups excluding carboxylic acids is 1. The molecular formula is C9H16N6O3. The summed E-state index contributed by atoms with van der Waals surface area (Å²) in [5, 5.41) is 24.5. The SMILES string of the molecule is CCCC(CC(=O)O)NC(=O)Nc1nnn(C)n1. The number of nitrogens with one attached hydrogen (secondary N) is 2. The molecule has 0 spiro atoms. The number of anilines is 1. The lowest BCUT2D eigenvalue weighted by Gasteiger charge is -2.15. The Morgan fingerprint density at radius 3 is 2.72 bits per heavy atom. The van der Waals surface area contributed by atoms with Crippen molar-refractivity contribution in [1.82, 2.24) is 25.5 Å². The van der Waals surface area contributed by atoms with Gasteiger partial charge in [-0.15, -0.1) is 5.10 Å². The number of rotatable bonds is 6. The van der Waals surface area contributed by atoms with E-state index in [1.807, 2.05) is 6.92 Å². The highest BCUT2D eigenvalue weighted by molar-refractivity contribution is 5.87. The lowest BCUT2D eigenvalue weighted by molar-refractivity contribution is -0.137. The molecule has 9 heteroatoms. The lowest BCUT2D eigenvalue weighted by Crippen LogP contribution is -2.39. The zero-order chi connectivity index (χ0) is 13.5. The zero-order valence-electron chi connectivity index (χ0n) is 10.3. The van der Waals surface area contributed by atoms with E-state index < -0.39 is 18.0 Å². The number of amides is 2. The number of nitrogens with zero attached hydrogens (tertiary/aromatic N) is 4. The first-order valence-electron chi connectivity index (χ1n) is 5.54. The molecule has 0 saturated heterocycles. The maximum Gasteiger partial charge on any atom is 0.321 e. The molecule has 0 aliphatic heterocycles. The lowest BCUT2D eigenvalue weighted by atomic mass is 10.1. The molecule has 0 aliphatic rings. The van der Waals surface area contributed by atoms with E-state index in [1.165, 1.54) is 4.80 Å². The minimum Gasteiger partial charge on any atom is -0.481 e. The summed E-state index contributed by atoms with van der Waals surface area (Å²) in [5.41, 5.74) is 0. The molecule has 3 N–H and O–H groups in total. The Bertz CT molecular complexity index is 418. The molecule has 9 nitrogen and oxygen atoms in total. The summed E-state index contributed by atoms with van der Waals surface area (Å²) in [6.07, 6.45) is 1.25. The molecular weight excluding hydrogens is 240 g/mol. The van der Waals surface area contributed by atoms with Gasteiger partial charge >= 0.3 is 12.0 Å². The fourth-order valence-electron chi connectivity index (χ4n) is 1.44. The van der Waals surface area contributed by atoms with E-state index >= 15 is 0 Å². The summed E-state index contributed by atoms with van der Waals surface area (Å²) in [6.45, 7) is 1.92. The zero-order valence-corrected chi connectivity index (χ0v) is 10.3. The van der Waals surface area contributed by atoms with Crippen LogP contribution >= 0.6 is 0 Å². The normalized spacial score (nSPS) is 11.9. The van der Waals surface area contributed by atoms with Gasteiger partial charge in [0.05, 0.1) is 13.5 Å². The van der Waals surface area contributed by atoms with Crippen molar-refractivity contribution in [3.8, 4) is 0 Å². The molecule has 0 radical (unpaired) electrons. The van der Waals surface area contributed by atoms with Crippen molar-refractivity contribution in [3.05, 3.63) is 0 Å². The third-order valence-electron chi connectivity index (χ3n) is 2.13. The second-order valence-electron chi connectivity index (χ2n) is 3.78. The molecule has 18 heavy (non-hydrogen) atoms. The van der Waals surface area contributed by atoms with Gasteiger partial charge in [-0.2, -0.15) is 4.80 Å². The van der Waals surface area contributed by atoms with Gasteiger partial charge in [0.25, 0.3) is 5.95 Å². The van der Waals surface area contributed by atoms with Gasteiger partial charge in [0.15, 0.2) is 0 Å². The van der Waals surface area contributed by atoms with Gasteiger partial charge in [0, 0.05) is 6.04 Å². The molecule has 1 rings (SSSR count). The average molecular weight is 256 g/mol. The molecule has 0 aliphatic carbocycles. The monoisotopic (exact) mass is 256 g/mol. The molecule has 0 fully saturated rings. The number of tetrazole rings is 1. The smallest absolute Gasteiger partial charge is 0.321 e. The molecule has 0 bridgehead atoms. The summed E-state index contributed by atoms with van der Waals surface area (Å²) in [7, 11) is 1.57. The molecule has 1 unspecified atom stereocenters. The van der Waals surface area contributed by atoms with E-state index in [-0.39, 0.29) is 12.4 Å². The van der Waals surface area contributed by atoms with Crippen LogP contribution in [0.1, 0.15) is 26.2 Å². The Morgan fingerprint density at radius 1 is 1.50 bits per heavy atom.